The molecule has 1 fully saturated rings. The van der Waals surface area contributed by atoms with Gasteiger partial charge in [0.1, 0.15) is 6.61 Å². The summed E-state index contributed by atoms with van der Waals surface area (Å²) in [4.78, 5) is 13.9. The van der Waals surface area contributed by atoms with E-state index in [2.05, 4.69) is 16.3 Å². The average molecular weight is 248 g/mol. The Balaban J connectivity index is 1.93. The van der Waals surface area contributed by atoms with Crippen LogP contribution >= 0.6 is 0 Å². The average Bonchev–Trinajstić information content (AvgIpc) is 2.82. The number of hydrogen-bond donors (Lipinski definition) is 1. The molecule has 0 bridgehead atoms. The van der Waals surface area contributed by atoms with E-state index in [1.807, 2.05) is 18.2 Å². The van der Waals surface area contributed by atoms with Crippen LogP contribution < -0.4 is 5.32 Å². The molecule has 1 saturated heterocycles. The second-order valence-electron chi connectivity index (χ2n) is 4.66. The predicted molar refractivity (Wildman–Crippen MR) is 71.5 cm³/mol. The van der Waals surface area contributed by atoms with Gasteiger partial charge in [-0.15, -0.1) is 0 Å². The summed E-state index contributed by atoms with van der Waals surface area (Å²) < 4.78 is 4.79. The molecule has 0 radical (unpaired) electrons. The predicted octanol–water partition coefficient (Wildman–Crippen LogP) is 1.87. The van der Waals surface area contributed by atoms with Crippen molar-refractivity contribution >= 4 is 11.6 Å². The van der Waals surface area contributed by atoms with Crippen molar-refractivity contribution in [2.24, 2.45) is 0 Å². The monoisotopic (exact) mass is 248 g/mol. The molecular weight excluding hydrogens is 228 g/mol. The number of carbonyl (C=O) groups excluding carboxylic acids is 1. The zero-order valence-corrected chi connectivity index (χ0v) is 10.8. The van der Waals surface area contributed by atoms with E-state index in [1.54, 1.807) is 0 Å². The molecule has 2 rings (SSSR count). The summed E-state index contributed by atoms with van der Waals surface area (Å²) in [5, 5.41) is 2.83. The van der Waals surface area contributed by atoms with Gasteiger partial charge in [-0.1, -0.05) is 12.1 Å². The SMILES string of the molecule is COCC(=O)Nc1cccc(CN2CCCC2)c1. The molecule has 4 nitrogen and oxygen atoms in total. The summed E-state index contributed by atoms with van der Waals surface area (Å²) in [6.07, 6.45) is 2.59. The molecule has 98 valence electrons. The Morgan fingerprint density at radius 1 is 1.39 bits per heavy atom. The van der Waals surface area contributed by atoms with Gasteiger partial charge in [-0.05, 0) is 43.6 Å². The number of nitrogens with one attached hydrogen (secondary N) is 1. The van der Waals surface area contributed by atoms with E-state index in [0.29, 0.717) is 0 Å². The Morgan fingerprint density at radius 2 is 2.17 bits per heavy atom. The minimum atomic E-state index is -0.115. The third-order valence-electron chi connectivity index (χ3n) is 3.09. The summed E-state index contributed by atoms with van der Waals surface area (Å²) in [6.45, 7) is 3.42. The number of hydrogen-bond acceptors (Lipinski definition) is 3. The Kier molecular flexibility index (Phi) is 4.73. The van der Waals surface area contributed by atoms with Gasteiger partial charge < -0.3 is 10.1 Å². The Labute approximate surface area is 108 Å². The van der Waals surface area contributed by atoms with Gasteiger partial charge >= 0.3 is 0 Å². The maximum absolute atomic E-state index is 11.4. The number of nitrogens with zero attached hydrogens (tertiary/aromatic N) is 1. The van der Waals surface area contributed by atoms with Crippen molar-refractivity contribution in [2.45, 2.75) is 19.4 Å². The number of ether oxygens (including phenoxy) is 1. The molecular formula is C14H20N2O2. The van der Waals surface area contributed by atoms with Gasteiger partial charge in [0.2, 0.25) is 5.91 Å². The fourth-order valence-electron chi connectivity index (χ4n) is 2.27. The van der Waals surface area contributed by atoms with Crippen molar-refractivity contribution in [3.05, 3.63) is 29.8 Å². The molecule has 1 aliphatic heterocycles. The first kappa shape index (κ1) is 13.1. The highest BCUT2D eigenvalue weighted by Crippen LogP contribution is 2.16. The van der Waals surface area contributed by atoms with Gasteiger partial charge in [0.05, 0.1) is 0 Å². The van der Waals surface area contributed by atoms with Crippen LogP contribution in [-0.2, 0) is 16.1 Å². The topological polar surface area (TPSA) is 41.6 Å². The quantitative estimate of drug-likeness (QED) is 0.865. The summed E-state index contributed by atoms with van der Waals surface area (Å²) in [7, 11) is 1.52. The first-order valence-electron chi connectivity index (χ1n) is 6.38. The highest BCUT2D eigenvalue weighted by molar-refractivity contribution is 5.91. The van der Waals surface area contributed by atoms with Gasteiger partial charge in [-0.25, -0.2) is 0 Å². The van der Waals surface area contributed by atoms with Crippen molar-refractivity contribution < 1.29 is 9.53 Å². The van der Waals surface area contributed by atoms with Crippen LogP contribution in [-0.4, -0.2) is 37.6 Å². The highest BCUT2D eigenvalue weighted by atomic mass is 16.5. The van der Waals surface area contributed by atoms with Crippen LogP contribution in [0.25, 0.3) is 0 Å². The smallest absolute Gasteiger partial charge is 0.250 e. The van der Waals surface area contributed by atoms with Gasteiger partial charge in [0.25, 0.3) is 0 Å². The zero-order valence-electron chi connectivity index (χ0n) is 10.8. The third kappa shape index (κ3) is 3.82. The molecule has 18 heavy (non-hydrogen) atoms. The molecule has 0 saturated carbocycles. The largest absolute Gasteiger partial charge is 0.375 e. The molecule has 4 heteroatoms. The van der Waals surface area contributed by atoms with E-state index in [9.17, 15) is 4.79 Å². The first-order valence-corrected chi connectivity index (χ1v) is 6.38. The molecule has 1 aromatic carbocycles. The maximum atomic E-state index is 11.4. The Bertz CT molecular complexity index is 401. The molecule has 1 N–H and O–H groups in total. The molecule has 1 amide bonds. The van der Waals surface area contributed by atoms with E-state index >= 15 is 0 Å². The van der Waals surface area contributed by atoms with Crippen LogP contribution in [0.2, 0.25) is 0 Å². The zero-order chi connectivity index (χ0) is 12.8. The van der Waals surface area contributed by atoms with Gasteiger partial charge in [-0.2, -0.15) is 0 Å². The van der Waals surface area contributed by atoms with Gasteiger partial charge in [0.15, 0.2) is 0 Å². The molecule has 0 unspecified atom stereocenters. The first-order chi connectivity index (χ1) is 8.78. The van der Waals surface area contributed by atoms with Crippen molar-refractivity contribution in [2.75, 3.05) is 32.1 Å². The van der Waals surface area contributed by atoms with E-state index in [4.69, 9.17) is 4.74 Å². The molecule has 0 aliphatic carbocycles. The van der Waals surface area contributed by atoms with Gasteiger partial charge in [0, 0.05) is 19.3 Å². The summed E-state index contributed by atoms with van der Waals surface area (Å²) >= 11 is 0. The van der Waals surface area contributed by atoms with Crippen LogP contribution in [0.4, 0.5) is 5.69 Å². The lowest BCUT2D eigenvalue weighted by Crippen LogP contribution is -2.19. The van der Waals surface area contributed by atoms with E-state index in [0.717, 1.165) is 12.2 Å². The highest BCUT2D eigenvalue weighted by Gasteiger charge is 2.11. The molecule has 0 spiro atoms. The van der Waals surface area contributed by atoms with Crippen LogP contribution in [0, 0.1) is 0 Å². The van der Waals surface area contributed by atoms with Crippen molar-refractivity contribution in [1.82, 2.24) is 4.90 Å². The van der Waals surface area contributed by atoms with Crippen molar-refractivity contribution in [3.8, 4) is 0 Å². The number of likely N-dealkylation sites (tertiary alicyclic amines) is 1. The number of carbonyl (C=O) groups is 1. The molecule has 1 heterocycles. The minimum absolute atomic E-state index is 0.0936. The summed E-state index contributed by atoms with van der Waals surface area (Å²) in [5.41, 5.74) is 2.08. The molecule has 0 atom stereocenters. The van der Waals surface area contributed by atoms with Crippen LogP contribution in [0.15, 0.2) is 24.3 Å². The fourth-order valence-corrected chi connectivity index (χ4v) is 2.27. The van der Waals surface area contributed by atoms with E-state index in [1.165, 1.54) is 38.6 Å². The second kappa shape index (κ2) is 6.52. The Hall–Kier alpha value is -1.39. The van der Waals surface area contributed by atoms with Crippen LogP contribution in [0.1, 0.15) is 18.4 Å². The lowest BCUT2D eigenvalue weighted by atomic mass is 10.2. The third-order valence-corrected chi connectivity index (χ3v) is 3.09. The van der Waals surface area contributed by atoms with Crippen LogP contribution in [0.3, 0.4) is 0 Å². The lowest BCUT2D eigenvalue weighted by Gasteiger charge is -2.15. The Morgan fingerprint density at radius 3 is 2.89 bits per heavy atom. The fraction of sp³-hybridized carbons (Fsp3) is 0.500. The van der Waals surface area contributed by atoms with E-state index in [-0.39, 0.29) is 12.5 Å². The number of benzene rings is 1. The van der Waals surface area contributed by atoms with Crippen LogP contribution in [0.5, 0.6) is 0 Å². The second-order valence-corrected chi connectivity index (χ2v) is 4.66. The van der Waals surface area contributed by atoms with E-state index < -0.39 is 0 Å². The van der Waals surface area contributed by atoms with Crippen molar-refractivity contribution in [1.29, 1.82) is 0 Å². The van der Waals surface area contributed by atoms with Crippen molar-refractivity contribution in [3.63, 3.8) is 0 Å². The molecule has 1 aromatic rings. The standard InChI is InChI=1S/C14H20N2O2/c1-18-11-14(17)15-13-6-4-5-12(9-13)10-16-7-2-3-8-16/h4-6,9H,2-3,7-8,10-11H2,1H3,(H,15,17). The molecule has 0 aromatic heterocycles. The summed E-state index contributed by atoms with van der Waals surface area (Å²) in [5.74, 6) is -0.115. The lowest BCUT2D eigenvalue weighted by molar-refractivity contribution is -0.119. The van der Waals surface area contributed by atoms with Gasteiger partial charge in [-0.3, -0.25) is 9.69 Å². The number of rotatable bonds is 5. The number of amides is 1. The number of anilines is 1. The number of methoxy groups -OCH3 is 1. The minimum Gasteiger partial charge on any atom is -0.375 e. The molecule has 1 aliphatic rings. The normalized spacial score (nSPS) is 15.8. The maximum Gasteiger partial charge on any atom is 0.250 e. The summed E-state index contributed by atoms with van der Waals surface area (Å²) in [6, 6.07) is 8.02.